The molecule has 21 heteroatoms. The zero-order valence-electron chi connectivity index (χ0n) is 49.2. The first-order chi connectivity index (χ1) is 39.8. The molecule has 0 aliphatic heterocycles. The molecule has 6 N–H and O–H groups in total. The maximum atomic E-state index is 13.4. The van der Waals surface area contributed by atoms with Crippen LogP contribution in [0, 0.1) is 72.1 Å². The molecule has 2 unspecified atom stereocenters. The first kappa shape index (κ1) is 77.1. The largest absolute Gasteiger partial charge is 0.475 e. The molecule has 0 aliphatic rings. The Morgan fingerprint density at radius 2 is 0.866 bits per heavy atom. The van der Waals surface area contributed by atoms with E-state index >= 15 is 0 Å². The van der Waals surface area contributed by atoms with Crippen LogP contribution in [0.1, 0.15) is 168 Å². The lowest BCUT2D eigenvalue weighted by molar-refractivity contribution is -0.150. The summed E-state index contributed by atoms with van der Waals surface area (Å²) in [6.07, 6.45) is 34.2. The number of hydrogen-bond acceptors (Lipinski definition) is 17. The third-order valence-corrected chi connectivity index (χ3v) is 14.4. The average molecular weight is 1190 g/mol. The average Bonchev–Trinajstić information content (AvgIpc) is 3.51. The fourth-order valence-electron chi connectivity index (χ4n) is 7.20. The Labute approximate surface area is 492 Å². The minimum absolute atomic E-state index is 0.00196. The Hall–Kier alpha value is -4.89. The van der Waals surface area contributed by atoms with Crippen LogP contribution < -0.4 is 22.1 Å². The molecule has 0 radical (unpaired) electrons. The highest BCUT2D eigenvalue weighted by molar-refractivity contribution is 7.48. The number of phosphoric ester groups is 2. The maximum Gasteiger partial charge on any atom is 0.475 e. The molecule has 0 spiro atoms. The van der Waals surface area contributed by atoms with Crippen molar-refractivity contribution >= 4 is 33.6 Å². The number of urea groups is 1. The predicted octanol–water partition coefficient (Wildman–Crippen LogP) is 10.2. The standard InChI is InChI=1S/C61H96N4O15P2/c1-7-13-17-21-23-25-27-31-35-39-59(66)79-57(37-33-29-19-15-9-3)41-47-71-51-55(62)53-77-81(69,73-45-11-5)75-49-43-64-61(68)65-44-50-76-82(70,74-46-12-6)78-54-56(63)52-72-48-42-58(38-34-30-20-16-10-4)80-60(67)40-36-32-28-26-24-22-18-14-8-2/h3-4,11-12,55-58H,5-8,13-14,17-18,21-28,31-32,35-54,62-63H2,1-2H3,(H2,64,65,68)/t55-,56-,57-,58-,81?,82?/m1/s1. The molecule has 6 atom stereocenters. The van der Waals surface area contributed by atoms with Gasteiger partial charge in [-0.25, -0.2) is 13.9 Å². The van der Waals surface area contributed by atoms with Crippen LogP contribution in [-0.2, 0) is 64.8 Å². The van der Waals surface area contributed by atoms with Crippen molar-refractivity contribution in [2.45, 2.75) is 192 Å². The van der Waals surface area contributed by atoms with Gasteiger partial charge in [0.2, 0.25) is 0 Å². The van der Waals surface area contributed by atoms with Crippen LogP contribution in [0.15, 0.2) is 25.3 Å². The van der Waals surface area contributed by atoms with Gasteiger partial charge in [-0.05, 0) is 60.2 Å². The highest BCUT2D eigenvalue weighted by Crippen LogP contribution is 2.50. The molecule has 460 valence electrons. The summed E-state index contributed by atoms with van der Waals surface area (Å²) in [7, 11) is -8.34. The molecule has 0 aromatic heterocycles. The van der Waals surface area contributed by atoms with Crippen LogP contribution in [-0.4, -0.2) is 121 Å². The van der Waals surface area contributed by atoms with Gasteiger partial charge >= 0.3 is 33.6 Å². The van der Waals surface area contributed by atoms with Crippen molar-refractivity contribution in [2.24, 2.45) is 11.5 Å². The summed E-state index contributed by atoms with van der Waals surface area (Å²) >= 11 is 0. The topological polar surface area (TPSA) is 254 Å². The predicted molar refractivity (Wildman–Crippen MR) is 321 cm³/mol. The first-order valence-electron chi connectivity index (χ1n) is 29.0. The summed E-state index contributed by atoms with van der Waals surface area (Å²) in [6, 6.07) is -2.15. The Morgan fingerprint density at radius 1 is 0.500 bits per heavy atom. The summed E-state index contributed by atoms with van der Waals surface area (Å²) < 4.78 is 82.0. The van der Waals surface area contributed by atoms with E-state index in [-0.39, 0.29) is 104 Å². The Bertz CT molecular complexity index is 2040. The number of rotatable bonds is 54. The number of amides is 2. The summed E-state index contributed by atoms with van der Waals surface area (Å²) in [5.74, 6) is 24.8. The van der Waals surface area contributed by atoms with E-state index in [9.17, 15) is 23.5 Å². The zero-order chi connectivity index (χ0) is 60.5. The Morgan fingerprint density at radius 3 is 1.22 bits per heavy atom. The molecule has 0 saturated heterocycles. The molecule has 0 aromatic carbocycles. The van der Waals surface area contributed by atoms with E-state index in [4.69, 9.17) is 70.4 Å². The first-order valence-corrected chi connectivity index (χ1v) is 31.9. The number of nitrogens with two attached hydrogens (primary N) is 2. The highest BCUT2D eigenvalue weighted by Gasteiger charge is 2.29. The number of carbonyl (C=O) groups excluding carboxylic acids is 3. The number of esters is 2. The van der Waals surface area contributed by atoms with Gasteiger partial charge in [-0.1, -0.05) is 141 Å². The van der Waals surface area contributed by atoms with Gasteiger partial charge in [0.1, 0.15) is 12.2 Å². The number of phosphoric acid groups is 2. The van der Waals surface area contributed by atoms with Crippen molar-refractivity contribution in [3.05, 3.63) is 25.3 Å². The molecular formula is C61H96N4O15P2. The molecule has 0 bridgehead atoms. The van der Waals surface area contributed by atoms with E-state index in [0.29, 0.717) is 25.7 Å². The summed E-state index contributed by atoms with van der Waals surface area (Å²) in [4.78, 5) is 37.8. The number of ether oxygens (including phenoxy) is 4. The lowest BCUT2D eigenvalue weighted by atomic mass is 10.1. The van der Waals surface area contributed by atoms with E-state index in [2.05, 4.69) is 96.8 Å². The van der Waals surface area contributed by atoms with Crippen LogP contribution in [0.3, 0.4) is 0 Å². The van der Waals surface area contributed by atoms with Crippen molar-refractivity contribution in [2.75, 3.05) is 79.2 Å². The van der Waals surface area contributed by atoms with Crippen molar-refractivity contribution in [3.8, 4) is 72.1 Å². The minimum Gasteiger partial charge on any atom is -0.461 e. The van der Waals surface area contributed by atoms with Gasteiger partial charge in [0.15, 0.2) is 0 Å². The Kier molecular flexibility index (Phi) is 52.0. The molecule has 0 saturated carbocycles. The van der Waals surface area contributed by atoms with Crippen LogP contribution in [0.25, 0.3) is 0 Å². The van der Waals surface area contributed by atoms with Gasteiger partial charge in [-0.2, -0.15) is 0 Å². The molecule has 82 heavy (non-hydrogen) atoms. The van der Waals surface area contributed by atoms with E-state index in [1.807, 2.05) is 0 Å². The number of carbonyl (C=O) groups is 3. The van der Waals surface area contributed by atoms with Gasteiger partial charge < -0.3 is 41.0 Å². The fraction of sp³-hybridized carbons (Fsp3) is 0.689. The van der Waals surface area contributed by atoms with E-state index in [1.54, 1.807) is 0 Å². The number of hydrogen-bond donors (Lipinski definition) is 4. The van der Waals surface area contributed by atoms with Gasteiger partial charge in [-0.3, -0.25) is 36.7 Å². The molecule has 0 aliphatic carbocycles. The van der Waals surface area contributed by atoms with E-state index in [1.165, 1.54) is 89.2 Å². The normalized spacial score (nSPS) is 13.5. The molecule has 2 amide bonds. The quantitative estimate of drug-likeness (QED) is 0.0145. The van der Waals surface area contributed by atoms with Crippen LogP contribution in [0.2, 0.25) is 0 Å². The second-order valence-corrected chi connectivity index (χ2v) is 22.3. The minimum atomic E-state index is -4.17. The van der Waals surface area contributed by atoms with Crippen LogP contribution in [0.5, 0.6) is 0 Å². The van der Waals surface area contributed by atoms with Gasteiger partial charge in [0, 0.05) is 51.6 Å². The number of nitrogens with one attached hydrogen (secondary N) is 2. The highest BCUT2D eigenvalue weighted by atomic mass is 31.2. The second-order valence-electron chi connectivity index (χ2n) is 18.9. The molecular weight excluding hydrogens is 1090 g/mol. The monoisotopic (exact) mass is 1190 g/mol. The van der Waals surface area contributed by atoms with Crippen LogP contribution in [0.4, 0.5) is 4.79 Å². The number of unbranched alkanes of at least 4 members (excludes halogenated alkanes) is 16. The van der Waals surface area contributed by atoms with Crippen molar-refractivity contribution in [3.63, 3.8) is 0 Å². The maximum absolute atomic E-state index is 13.4. The summed E-state index contributed by atoms with van der Waals surface area (Å²) in [5, 5.41) is 5.05. The van der Waals surface area contributed by atoms with Gasteiger partial charge in [0.05, 0.1) is 78.2 Å². The number of terminal acetylenes is 2. The van der Waals surface area contributed by atoms with Crippen molar-refractivity contribution < 1.29 is 69.6 Å². The summed E-state index contributed by atoms with van der Waals surface area (Å²) in [5.41, 5.74) is 12.4. The van der Waals surface area contributed by atoms with Crippen molar-refractivity contribution in [1.82, 2.24) is 10.6 Å². The molecule has 0 aromatic rings. The molecule has 0 rings (SSSR count). The second kappa shape index (κ2) is 55.3. The van der Waals surface area contributed by atoms with E-state index < -0.39 is 46.0 Å². The van der Waals surface area contributed by atoms with Gasteiger partial charge in [-0.15, -0.1) is 26.0 Å². The van der Waals surface area contributed by atoms with Gasteiger partial charge in [0.25, 0.3) is 0 Å². The zero-order valence-corrected chi connectivity index (χ0v) is 51.0. The molecule has 0 fully saturated rings. The smallest absolute Gasteiger partial charge is 0.461 e. The van der Waals surface area contributed by atoms with Crippen molar-refractivity contribution in [1.29, 1.82) is 0 Å². The van der Waals surface area contributed by atoms with Crippen LogP contribution >= 0.6 is 15.6 Å². The lowest BCUT2D eigenvalue weighted by Gasteiger charge is -2.21. The molecule has 19 nitrogen and oxygen atoms in total. The lowest BCUT2D eigenvalue weighted by Crippen LogP contribution is -2.38. The fourth-order valence-corrected chi connectivity index (χ4v) is 9.60. The SMILES string of the molecule is C#CC#CC#CC[C@H](CCOC[C@@H](N)COP(=O)(OCC=C)OCCNC(=O)NCCOP(=O)(OCC=C)OC[C@H](N)COCC[C@@H](CC#CC#CC#C)OC(=O)CCCCCCCCCCC)OC(=O)CCCCCCCCCCC. The summed E-state index contributed by atoms with van der Waals surface area (Å²) in [6.45, 7) is 10.2. The third-order valence-electron chi connectivity index (χ3n) is 11.5. The van der Waals surface area contributed by atoms with E-state index in [0.717, 1.165) is 38.5 Å². The Balaban J connectivity index is 4.86. The molecule has 0 heterocycles. The third kappa shape index (κ3) is 49.7.